The average Bonchev–Trinajstić information content (AvgIpc) is 2.53. The third-order valence-corrected chi connectivity index (χ3v) is 2.69. The first-order valence-corrected chi connectivity index (χ1v) is 6.25. The predicted octanol–water partition coefficient (Wildman–Crippen LogP) is 0.707. The van der Waals surface area contributed by atoms with Crippen molar-refractivity contribution >= 4 is 17.8 Å². The van der Waals surface area contributed by atoms with Gasteiger partial charge in [-0.05, 0) is 17.7 Å². The largest absolute Gasteiger partial charge is 0.350 e. The lowest BCUT2D eigenvalue weighted by molar-refractivity contribution is 0.939. The van der Waals surface area contributed by atoms with Crippen molar-refractivity contribution in [2.75, 3.05) is 29.7 Å². The van der Waals surface area contributed by atoms with Crippen LogP contribution in [0.1, 0.15) is 11.1 Å². The molecule has 0 saturated carbocycles. The van der Waals surface area contributed by atoms with E-state index >= 15 is 0 Å². The first kappa shape index (κ1) is 14.5. The third-order valence-electron chi connectivity index (χ3n) is 2.69. The zero-order valence-electron chi connectivity index (χ0n) is 11.8. The fraction of sp³-hybridized carbons (Fsp3) is 0.231. The molecule has 0 aliphatic heterocycles. The van der Waals surface area contributed by atoms with Crippen LogP contribution < -0.4 is 21.5 Å². The molecule has 0 radical (unpaired) electrons. The van der Waals surface area contributed by atoms with E-state index in [1.54, 1.807) is 17.0 Å². The van der Waals surface area contributed by atoms with Gasteiger partial charge in [-0.15, -0.1) is 0 Å². The van der Waals surface area contributed by atoms with Gasteiger partial charge >= 0.3 is 0 Å². The molecule has 0 fully saturated rings. The van der Waals surface area contributed by atoms with Crippen molar-refractivity contribution in [1.29, 1.82) is 5.26 Å². The molecule has 1 aromatic heterocycles. The van der Waals surface area contributed by atoms with Gasteiger partial charge in [0.1, 0.15) is 0 Å². The molecule has 1 heterocycles. The fourth-order valence-corrected chi connectivity index (χ4v) is 1.59. The third kappa shape index (κ3) is 3.77. The summed E-state index contributed by atoms with van der Waals surface area (Å²) in [6.45, 7) is 0.534. The summed E-state index contributed by atoms with van der Waals surface area (Å²) in [6, 6.07) is 9.37. The average molecular weight is 284 g/mol. The zero-order valence-corrected chi connectivity index (χ0v) is 11.8. The smallest absolute Gasteiger partial charge is 0.243 e. The van der Waals surface area contributed by atoms with Crippen molar-refractivity contribution in [2.45, 2.75) is 6.54 Å². The van der Waals surface area contributed by atoms with E-state index in [0.717, 1.165) is 5.56 Å². The number of hydrogen-bond donors (Lipinski definition) is 3. The molecule has 0 aliphatic carbocycles. The number of anilines is 3. The lowest BCUT2D eigenvalue weighted by atomic mass is 10.1. The maximum atomic E-state index is 8.76. The lowest BCUT2D eigenvalue weighted by Gasteiger charge is -2.13. The van der Waals surface area contributed by atoms with Crippen LogP contribution in [0.2, 0.25) is 0 Å². The van der Waals surface area contributed by atoms with Crippen LogP contribution in [0.15, 0.2) is 24.3 Å². The molecule has 4 N–H and O–H groups in total. The van der Waals surface area contributed by atoms with Crippen LogP contribution in [0.25, 0.3) is 0 Å². The number of aromatic nitrogens is 3. The van der Waals surface area contributed by atoms with Crippen molar-refractivity contribution in [3.63, 3.8) is 0 Å². The minimum absolute atomic E-state index is 0.288. The highest BCUT2D eigenvalue weighted by molar-refractivity contribution is 5.43. The van der Waals surface area contributed by atoms with Crippen molar-refractivity contribution in [1.82, 2.24) is 15.0 Å². The summed E-state index contributed by atoms with van der Waals surface area (Å²) in [6.07, 6.45) is 0. The number of hydrogen-bond acceptors (Lipinski definition) is 8. The standard InChI is InChI=1S/C13H16N8/c1-21(2)13-18-11(17-12(19-13)20-15)16-8-10-5-3-9(7-14)4-6-10/h3-6H,8,15H2,1-2H3,(H2,16,17,18,19,20). The normalized spacial score (nSPS) is 9.81. The number of nitrogens with one attached hydrogen (secondary N) is 2. The molecule has 21 heavy (non-hydrogen) atoms. The van der Waals surface area contributed by atoms with Gasteiger partial charge in [-0.3, -0.25) is 5.43 Å². The van der Waals surface area contributed by atoms with E-state index in [1.165, 1.54) is 0 Å². The zero-order chi connectivity index (χ0) is 15.2. The molecule has 0 amide bonds. The number of nitriles is 1. The Bertz CT molecular complexity index is 644. The van der Waals surface area contributed by atoms with Crippen LogP contribution in [-0.4, -0.2) is 29.0 Å². The number of nitrogens with zero attached hydrogens (tertiary/aromatic N) is 5. The van der Waals surface area contributed by atoms with E-state index in [2.05, 4.69) is 31.8 Å². The SMILES string of the molecule is CN(C)c1nc(NN)nc(NCc2ccc(C#N)cc2)n1. The van der Waals surface area contributed by atoms with E-state index in [-0.39, 0.29) is 5.95 Å². The summed E-state index contributed by atoms with van der Waals surface area (Å²) in [5.74, 6) is 6.56. The fourth-order valence-electron chi connectivity index (χ4n) is 1.59. The highest BCUT2D eigenvalue weighted by Gasteiger charge is 2.07. The Hall–Kier alpha value is -2.92. The summed E-state index contributed by atoms with van der Waals surface area (Å²) < 4.78 is 0. The molecule has 1 aromatic carbocycles. The minimum Gasteiger partial charge on any atom is -0.350 e. The number of benzene rings is 1. The Morgan fingerprint density at radius 1 is 1.14 bits per heavy atom. The van der Waals surface area contributed by atoms with Crippen LogP contribution in [0.4, 0.5) is 17.8 Å². The second-order valence-corrected chi connectivity index (χ2v) is 4.48. The van der Waals surface area contributed by atoms with E-state index in [9.17, 15) is 0 Å². The maximum Gasteiger partial charge on any atom is 0.243 e. The lowest BCUT2D eigenvalue weighted by Crippen LogP contribution is -2.19. The molecule has 108 valence electrons. The van der Waals surface area contributed by atoms with Gasteiger partial charge in [0.2, 0.25) is 17.8 Å². The van der Waals surface area contributed by atoms with Crippen LogP contribution in [0.3, 0.4) is 0 Å². The summed E-state index contributed by atoms with van der Waals surface area (Å²) in [5, 5.41) is 11.9. The van der Waals surface area contributed by atoms with Crippen molar-refractivity contribution in [2.24, 2.45) is 5.84 Å². The number of nitrogen functional groups attached to an aromatic ring is 1. The Kier molecular flexibility index (Phi) is 4.48. The molecule has 0 atom stereocenters. The molecule has 8 nitrogen and oxygen atoms in total. The van der Waals surface area contributed by atoms with Crippen molar-refractivity contribution in [3.05, 3.63) is 35.4 Å². The molecule has 0 aliphatic rings. The van der Waals surface area contributed by atoms with E-state index < -0.39 is 0 Å². The van der Waals surface area contributed by atoms with Crippen LogP contribution in [0.5, 0.6) is 0 Å². The molecule has 8 heteroatoms. The Labute approximate surface area is 122 Å². The predicted molar refractivity (Wildman–Crippen MR) is 80.4 cm³/mol. The van der Waals surface area contributed by atoms with E-state index in [4.69, 9.17) is 11.1 Å². The van der Waals surface area contributed by atoms with Gasteiger partial charge in [-0.2, -0.15) is 20.2 Å². The van der Waals surface area contributed by atoms with Gasteiger partial charge in [-0.1, -0.05) is 12.1 Å². The Balaban J connectivity index is 2.11. The maximum absolute atomic E-state index is 8.76. The van der Waals surface area contributed by atoms with Crippen molar-refractivity contribution in [3.8, 4) is 6.07 Å². The van der Waals surface area contributed by atoms with Crippen molar-refractivity contribution < 1.29 is 0 Å². The van der Waals surface area contributed by atoms with Gasteiger partial charge in [0.25, 0.3) is 0 Å². The first-order valence-electron chi connectivity index (χ1n) is 6.25. The summed E-state index contributed by atoms with van der Waals surface area (Å²) in [5.41, 5.74) is 4.06. The monoisotopic (exact) mass is 284 g/mol. The Morgan fingerprint density at radius 2 is 1.81 bits per heavy atom. The molecular formula is C13H16N8. The van der Waals surface area contributed by atoms with Gasteiger partial charge in [-0.25, -0.2) is 5.84 Å². The van der Waals surface area contributed by atoms with E-state index in [1.807, 2.05) is 26.2 Å². The highest BCUT2D eigenvalue weighted by Crippen LogP contribution is 2.12. The van der Waals surface area contributed by atoms with Gasteiger partial charge in [0.05, 0.1) is 11.6 Å². The van der Waals surface area contributed by atoms with Gasteiger partial charge in [0, 0.05) is 20.6 Å². The minimum atomic E-state index is 0.288. The molecule has 2 rings (SSSR count). The number of rotatable bonds is 5. The molecular weight excluding hydrogens is 268 g/mol. The number of hydrazine groups is 1. The molecule has 0 saturated heterocycles. The van der Waals surface area contributed by atoms with Crippen LogP contribution in [-0.2, 0) is 6.54 Å². The summed E-state index contributed by atoms with van der Waals surface area (Å²) in [4.78, 5) is 14.3. The second-order valence-electron chi connectivity index (χ2n) is 4.48. The van der Waals surface area contributed by atoms with Crippen LogP contribution in [0, 0.1) is 11.3 Å². The topological polar surface area (TPSA) is 116 Å². The van der Waals surface area contributed by atoms with Gasteiger partial charge < -0.3 is 10.2 Å². The van der Waals surface area contributed by atoms with E-state index in [0.29, 0.717) is 24.0 Å². The molecule has 0 unspecified atom stereocenters. The second kappa shape index (κ2) is 6.49. The summed E-state index contributed by atoms with van der Waals surface area (Å²) >= 11 is 0. The number of nitrogens with two attached hydrogens (primary N) is 1. The molecule has 0 bridgehead atoms. The first-order chi connectivity index (χ1) is 10.1. The summed E-state index contributed by atoms with van der Waals surface area (Å²) in [7, 11) is 3.67. The Morgan fingerprint density at radius 3 is 2.38 bits per heavy atom. The highest BCUT2D eigenvalue weighted by atomic mass is 15.4. The molecule has 2 aromatic rings. The van der Waals surface area contributed by atoms with Gasteiger partial charge in [0.15, 0.2) is 0 Å². The van der Waals surface area contributed by atoms with Crippen LogP contribution >= 0.6 is 0 Å². The quantitative estimate of drug-likeness (QED) is 0.543. The molecule has 0 spiro atoms.